The molecule has 1 aliphatic rings. The second-order valence-corrected chi connectivity index (χ2v) is 6.08. The monoisotopic (exact) mass is 327 g/mol. The fourth-order valence-electron chi connectivity index (χ4n) is 1.91. The largest absolute Gasteiger partial charge is 0.444 e. The van der Waals surface area contributed by atoms with Gasteiger partial charge in [0.2, 0.25) is 0 Å². The number of hydrogen-bond donors (Lipinski definition) is 2. The van der Waals surface area contributed by atoms with Crippen LogP contribution in [0.5, 0.6) is 0 Å². The van der Waals surface area contributed by atoms with Gasteiger partial charge in [0.05, 0.1) is 12.3 Å². The molecular weight excluding hydrogens is 297 g/mol. The number of carbonyl (C=O) groups excluding carboxylic acids is 1. The van der Waals surface area contributed by atoms with Gasteiger partial charge in [-0.2, -0.15) is 0 Å². The summed E-state index contributed by atoms with van der Waals surface area (Å²) in [5, 5.41) is 8.08. The lowest BCUT2D eigenvalue weighted by Gasteiger charge is -2.30. The van der Waals surface area contributed by atoms with Crippen LogP contribution in [0.2, 0.25) is 0 Å². The maximum Gasteiger partial charge on any atom is 0.410 e. The zero-order valence-corrected chi connectivity index (χ0v) is 15.1. The number of alkyl halides is 1. The molecule has 0 bridgehead atoms. The Labute approximate surface area is 138 Å². The van der Waals surface area contributed by atoms with Crippen LogP contribution in [0.25, 0.3) is 0 Å². The minimum atomic E-state index is -0.780. The molecule has 0 fully saturated rings. The Kier molecular flexibility index (Phi) is 8.58. The fourth-order valence-corrected chi connectivity index (χ4v) is 1.91. The van der Waals surface area contributed by atoms with Crippen LogP contribution in [0.1, 0.15) is 48.0 Å². The van der Waals surface area contributed by atoms with Gasteiger partial charge in [0, 0.05) is 12.2 Å². The molecule has 1 rings (SSSR count). The number of nitrogens with one attached hydrogen (secondary N) is 1. The van der Waals surface area contributed by atoms with Crippen LogP contribution in [0.3, 0.4) is 0 Å². The molecule has 1 aliphatic heterocycles. The Bertz CT molecular complexity index is 491. The molecule has 3 N–H and O–H groups in total. The summed E-state index contributed by atoms with van der Waals surface area (Å²) in [6, 6.07) is 0. The van der Waals surface area contributed by atoms with Gasteiger partial charge in [-0.05, 0) is 45.3 Å². The first kappa shape index (κ1) is 21.1. The van der Waals surface area contributed by atoms with Gasteiger partial charge in [-0.1, -0.05) is 19.9 Å². The first-order chi connectivity index (χ1) is 10.7. The van der Waals surface area contributed by atoms with Crippen molar-refractivity contribution >= 4 is 11.8 Å². The summed E-state index contributed by atoms with van der Waals surface area (Å²) in [5.74, 6) is 0. The van der Waals surface area contributed by atoms with Crippen LogP contribution >= 0.6 is 0 Å². The number of amides is 1. The lowest BCUT2D eigenvalue weighted by molar-refractivity contribution is 0.0265. The Morgan fingerprint density at radius 2 is 2.00 bits per heavy atom. The summed E-state index contributed by atoms with van der Waals surface area (Å²) in [4.78, 5) is 13.6. The van der Waals surface area contributed by atoms with E-state index in [1.807, 2.05) is 40.7 Å². The van der Waals surface area contributed by atoms with Crippen molar-refractivity contribution in [2.75, 3.05) is 19.8 Å². The Balaban J connectivity index is 0.00000232. The average molecular weight is 327 g/mol. The lowest BCUT2D eigenvalue weighted by atomic mass is 9.98. The topological polar surface area (TPSA) is 79.4 Å². The maximum atomic E-state index is 12.6. The van der Waals surface area contributed by atoms with Gasteiger partial charge in [0.15, 0.2) is 0 Å². The second-order valence-electron chi connectivity index (χ2n) is 6.08. The normalized spacial score (nSPS) is 15.8. The SMILES string of the molecule is C/C(C(=N)C1=CCCN(C(=O)OC(C)(C)C)C1)=C(/N)CF.CC. The highest BCUT2D eigenvalue weighted by molar-refractivity contribution is 6.10. The van der Waals surface area contributed by atoms with E-state index in [-0.39, 0.29) is 18.0 Å². The van der Waals surface area contributed by atoms with Gasteiger partial charge >= 0.3 is 6.09 Å². The molecule has 0 saturated carbocycles. The molecule has 0 aliphatic carbocycles. The summed E-state index contributed by atoms with van der Waals surface area (Å²) in [6.45, 7) is 11.1. The first-order valence-electron chi connectivity index (χ1n) is 7.93. The van der Waals surface area contributed by atoms with Crippen LogP contribution in [0, 0.1) is 5.41 Å². The molecule has 0 aromatic heterocycles. The number of ether oxygens (including phenoxy) is 1. The van der Waals surface area contributed by atoms with E-state index in [0.29, 0.717) is 24.1 Å². The predicted octanol–water partition coefficient (Wildman–Crippen LogP) is 3.80. The Hall–Kier alpha value is -1.85. The molecule has 0 spiro atoms. The number of hydrogen-bond acceptors (Lipinski definition) is 4. The zero-order valence-electron chi connectivity index (χ0n) is 15.1. The van der Waals surface area contributed by atoms with Crippen molar-refractivity contribution in [1.82, 2.24) is 4.90 Å². The molecule has 1 heterocycles. The fraction of sp³-hybridized carbons (Fsp3) is 0.647. The van der Waals surface area contributed by atoms with E-state index in [1.54, 1.807) is 11.8 Å². The smallest absolute Gasteiger partial charge is 0.410 e. The zero-order chi connectivity index (χ0) is 18.2. The Morgan fingerprint density at radius 3 is 2.48 bits per heavy atom. The lowest BCUT2D eigenvalue weighted by Crippen LogP contribution is -2.41. The van der Waals surface area contributed by atoms with Gasteiger partial charge in [-0.15, -0.1) is 0 Å². The van der Waals surface area contributed by atoms with Crippen LogP contribution in [-0.2, 0) is 4.74 Å². The third-order valence-electron chi connectivity index (χ3n) is 3.12. The van der Waals surface area contributed by atoms with E-state index in [0.717, 1.165) is 0 Å². The van der Waals surface area contributed by atoms with Crippen molar-refractivity contribution in [2.45, 2.75) is 53.6 Å². The molecule has 23 heavy (non-hydrogen) atoms. The van der Waals surface area contributed by atoms with Crippen molar-refractivity contribution in [2.24, 2.45) is 5.73 Å². The number of allylic oxidation sites excluding steroid dienone is 2. The van der Waals surface area contributed by atoms with E-state index < -0.39 is 18.4 Å². The van der Waals surface area contributed by atoms with Gasteiger partial charge in [0.25, 0.3) is 0 Å². The molecule has 132 valence electrons. The van der Waals surface area contributed by atoms with Crippen molar-refractivity contribution < 1.29 is 13.9 Å². The molecule has 0 saturated heterocycles. The van der Waals surface area contributed by atoms with Crippen molar-refractivity contribution in [3.8, 4) is 0 Å². The van der Waals surface area contributed by atoms with Crippen molar-refractivity contribution in [3.05, 3.63) is 22.9 Å². The molecule has 6 heteroatoms. The van der Waals surface area contributed by atoms with Gasteiger partial charge in [-0.25, -0.2) is 9.18 Å². The van der Waals surface area contributed by atoms with Gasteiger partial charge < -0.3 is 20.8 Å². The highest BCUT2D eigenvalue weighted by atomic mass is 19.1. The van der Waals surface area contributed by atoms with Crippen LogP contribution in [0.15, 0.2) is 22.9 Å². The Morgan fingerprint density at radius 1 is 1.43 bits per heavy atom. The highest BCUT2D eigenvalue weighted by Crippen LogP contribution is 2.18. The summed E-state index contributed by atoms with van der Waals surface area (Å²) in [5.41, 5.74) is 6.29. The molecule has 0 unspecified atom stereocenters. The third-order valence-corrected chi connectivity index (χ3v) is 3.12. The minimum Gasteiger partial charge on any atom is -0.444 e. The number of nitrogens with zero attached hydrogens (tertiary/aromatic N) is 1. The summed E-state index contributed by atoms with van der Waals surface area (Å²) < 4.78 is 17.9. The molecule has 0 radical (unpaired) electrons. The maximum absolute atomic E-state index is 12.6. The van der Waals surface area contributed by atoms with Gasteiger partial charge in [-0.3, -0.25) is 0 Å². The summed E-state index contributed by atoms with van der Waals surface area (Å²) >= 11 is 0. The van der Waals surface area contributed by atoms with E-state index >= 15 is 0 Å². The minimum absolute atomic E-state index is 0.0512. The second kappa shape index (κ2) is 9.33. The molecule has 0 aromatic rings. The van der Waals surface area contributed by atoms with Crippen LogP contribution < -0.4 is 5.73 Å². The number of nitrogens with two attached hydrogens (primary N) is 1. The van der Waals surface area contributed by atoms with E-state index in [2.05, 4.69) is 0 Å². The molecule has 1 amide bonds. The number of halogens is 1. The standard InChI is InChI=1S/C15H24FN3O2.C2H6/c1-10(12(17)8-16)13(18)11-6-5-7-19(9-11)14(20)21-15(2,3)4;1-2/h6,18H,5,7-9,17H2,1-4H3;1-2H3/b12-10-,18-13?;. The van der Waals surface area contributed by atoms with Gasteiger partial charge in [0.1, 0.15) is 12.3 Å². The van der Waals surface area contributed by atoms with Crippen LogP contribution in [0.4, 0.5) is 9.18 Å². The predicted molar refractivity (Wildman–Crippen MR) is 92.4 cm³/mol. The average Bonchev–Trinajstić information content (AvgIpc) is 2.53. The molecule has 5 nitrogen and oxygen atoms in total. The van der Waals surface area contributed by atoms with Crippen LogP contribution in [-0.4, -0.2) is 42.1 Å². The summed E-state index contributed by atoms with van der Waals surface area (Å²) in [7, 11) is 0. The number of rotatable bonds is 3. The quantitative estimate of drug-likeness (QED) is 0.774. The van der Waals surface area contributed by atoms with E-state index in [1.165, 1.54) is 0 Å². The molecule has 0 atom stereocenters. The highest BCUT2D eigenvalue weighted by Gasteiger charge is 2.25. The summed E-state index contributed by atoms with van der Waals surface area (Å²) in [6.07, 6.45) is 2.12. The molecule has 0 aromatic carbocycles. The van der Waals surface area contributed by atoms with Crippen molar-refractivity contribution in [3.63, 3.8) is 0 Å². The third kappa shape index (κ3) is 6.84. The molecular formula is C17H30FN3O2. The van der Waals surface area contributed by atoms with Crippen molar-refractivity contribution in [1.29, 1.82) is 5.41 Å². The van der Waals surface area contributed by atoms with E-state index in [9.17, 15) is 9.18 Å². The van der Waals surface area contributed by atoms with E-state index in [4.69, 9.17) is 15.9 Å². The first-order valence-corrected chi connectivity index (χ1v) is 7.93. The number of carbonyl (C=O) groups is 1.